The number of anilines is 1. The molecule has 0 unspecified atom stereocenters. The van der Waals surface area contributed by atoms with Crippen LogP contribution in [0.5, 0.6) is 5.75 Å². The van der Waals surface area contributed by atoms with Gasteiger partial charge in [0, 0.05) is 5.69 Å². The van der Waals surface area contributed by atoms with Gasteiger partial charge in [0.05, 0.1) is 21.3 Å². The molecule has 3 rings (SSSR count). The Labute approximate surface area is 189 Å². The molecule has 166 valence electrons. The highest BCUT2D eigenvalue weighted by Crippen LogP contribution is 2.43. The van der Waals surface area contributed by atoms with Crippen molar-refractivity contribution in [2.45, 2.75) is 11.7 Å². The Morgan fingerprint density at radius 2 is 1.22 bits per heavy atom. The van der Waals surface area contributed by atoms with Gasteiger partial charge in [-0.05, 0) is 42.8 Å². The monoisotopic (exact) mass is 451 g/mol. The summed E-state index contributed by atoms with van der Waals surface area (Å²) in [6, 6.07) is 25.6. The van der Waals surface area contributed by atoms with E-state index in [2.05, 4.69) is 5.32 Å². The maximum absolute atomic E-state index is 13.2. The van der Waals surface area contributed by atoms with Crippen molar-refractivity contribution in [1.29, 1.82) is 0 Å². The minimum absolute atomic E-state index is 0.486. The zero-order chi connectivity index (χ0) is 22.9. The van der Waals surface area contributed by atoms with Crippen molar-refractivity contribution in [3.05, 3.63) is 84.9 Å². The van der Waals surface area contributed by atoms with E-state index in [1.54, 1.807) is 31.4 Å². The van der Waals surface area contributed by atoms with E-state index in [0.29, 0.717) is 11.4 Å². The van der Waals surface area contributed by atoms with Gasteiger partial charge in [-0.3, -0.25) is 4.79 Å². The molecule has 0 saturated carbocycles. The standard InChI is InChI=1S/C25H26NO5P/c1-29-19-16-14-18(15-17-19)26-22(24(27)30-2)23(25(28)31-3)32(20-10-6-4-7-11-20)21-12-8-5-9-13-21/h4-17,22-23,26H,1-3H3/t22-,23+/m0/s1. The second-order valence-electron chi connectivity index (χ2n) is 6.88. The van der Waals surface area contributed by atoms with Crippen molar-refractivity contribution in [3.8, 4) is 5.75 Å². The van der Waals surface area contributed by atoms with Gasteiger partial charge in [0.25, 0.3) is 0 Å². The predicted molar refractivity (Wildman–Crippen MR) is 127 cm³/mol. The van der Waals surface area contributed by atoms with Gasteiger partial charge in [-0.1, -0.05) is 60.7 Å². The smallest absolute Gasteiger partial charge is 0.329 e. The average Bonchev–Trinajstić information content (AvgIpc) is 2.86. The van der Waals surface area contributed by atoms with Crippen LogP contribution in [0.2, 0.25) is 0 Å². The average molecular weight is 451 g/mol. The van der Waals surface area contributed by atoms with Gasteiger partial charge in [0.1, 0.15) is 17.5 Å². The zero-order valence-corrected chi connectivity index (χ0v) is 19.1. The minimum atomic E-state index is -1.31. The van der Waals surface area contributed by atoms with Crippen molar-refractivity contribution in [2.75, 3.05) is 26.6 Å². The Morgan fingerprint density at radius 3 is 1.66 bits per heavy atom. The molecule has 6 nitrogen and oxygen atoms in total. The van der Waals surface area contributed by atoms with Gasteiger partial charge in [0.15, 0.2) is 0 Å². The second kappa shape index (κ2) is 11.3. The van der Waals surface area contributed by atoms with Crippen LogP contribution in [-0.4, -0.2) is 45.0 Å². The van der Waals surface area contributed by atoms with E-state index < -0.39 is 31.6 Å². The molecule has 3 aromatic carbocycles. The fraction of sp³-hybridized carbons (Fsp3) is 0.200. The number of ether oxygens (including phenoxy) is 3. The minimum Gasteiger partial charge on any atom is -0.497 e. The first-order valence-electron chi connectivity index (χ1n) is 10.0. The number of carbonyl (C=O) groups excluding carboxylic acids is 2. The highest BCUT2D eigenvalue weighted by molar-refractivity contribution is 7.74. The lowest BCUT2D eigenvalue weighted by molar-refractivity contribution is -0.147. The molecule has 0 amide bonds. The van der Waals surface area contributed by atoms with Crippen LogP contribution < -0.4 is 20.7 Å². The Morgan fingerprint density at radius 1 is 0.719 bits per heavy atom. The molecular weight excluding hydrogens is 425 g/mol. The SMILES string of the molecule is COC(=O)[C@@H](Nc1ccc(OC)cc1)[C@H](C(=O)OC)P(c1ccccc1)c1ccccc1. The molecule has 3 aromatic rings. The number of methoxy groups -OCH3 is 3. The Hall–Kier alpha value is -3.37. The van der Waals surface area contributed by atoms with Crippen LogP contribution in [0.3, 0.4) is 0 Å². The summed E-state index contributed by atoms with van der Waals surface area (Å²) < 4.78 is 15.5. The summed E-state index contributed by atoms with van der Waals surface area (Å²) in [6.45, 7) is 0. The number of benzene rings is 3. The fourth-order valence-corrected chi connectivity index (χ4v) is 6.16. The molecule has 0 bridgehead atoms. The molecule has 0 aromatic heterocycles. The first-order chi connectivity index (χ1) is 15.6. The van der Waals surface area contributed by atoms with E-state index >= 15 is 0 Å². The van der Waals surface area contributed by atoms with Gasteiger partial charge in [0.2, 0.25) is 0 Å². The summed E-state index contributed by atoms with van der Waals surface area (Å²) in [5, 5.41) is 5.11. The summed E-state index contributed by atoms with van der Waals surface area (Å²) in [6.07, 6.45) is 0. The van der Waals surface area contributed by atoms with Gasteiger partial charge in [-0.15, -0.1) is 0 Å². The number of nitrogens with one attached hydrogen (secondary N) is 1. The number of esters is 2. The summed E-state index contributed by atoms with van der Waals surface area (Å²) >= 11 is 0. The van der Waals surface area contributed by atoms with Crippen molar-refractivity contribution in [3.63, 3.8) is 0 Å². The number of carbonyl (C=O) groups is 2. The van der Waals surface area contributed by atoms with E-state index in [9.17, 15) is 9.59 Å². The van der Waals surface area contributed by atoms with Gasteiger partial charge in [-0.2, -0.15) is 0 Å². The van der Waals surface area contributed by atoms with Crippen LogP contribution in [0.4, 0.5) is 5.69 Å². The van der Waals surface area contributed by atoms with Crippen LogP contribution >= 0.6 is 7.92 Å². The van der Waals surface area contributed by atoms with E-state index in [4.69, 9.17) is 14.2 Å². The van der Waals surface area contributed by atoms with Crippen LogP contribution in [-0.2, 0) is 19.1 Å². The molecule has 0 aliphatic heterocycles. The maximum Gasteiger partial charge on any atom is 0.329 e. The number of rotatable bonds is 9. The van der Waals surface area contributed by atoms with E-state index in [0.717, 1.165) is 10.6 Å². The molecule has 7 heteroatoms. The van der Waals surface area contributed by atoms with Crippen LogP contribution in [0.1, 0.15) is 0 Å². The van der Waals surface area contributed by atoms with Gasteiger partial charge >= 0.3 is 11.9 Å². The topological polar surface area (TPSA) is 73.9 Å². The van der Waals surface area contributed by atoms with Gasteiger partial charge in [-0.25, -0.2) is 4.79 Å². The first-order valence-corrected chi connectivity index (χ1v) is 11.5. The zero-order valence-electron chi connectivity index (χ0n) is 18.2. The molecule has 0 radical (unpaired) electrons. The molecular formula is C25H26NO5P. The van der Waals surface area contributed by atoms with Crippen molar-refractivity contribution < 1.29 is 23.8 Å². The molecule has 32 heavy (non-hydrogen) atoms. The largest absolute Gasteiger partial charge is 0.497 e. The van der Waals surface area contributed by atoms with Gasteiger partial charge < -0.3 is 19.5 Å². The molecule has 2 atom stereocenters. The molecule has 0 fully saturated rings. The van der Waals surface area contributed by atoms with Crippen molar-refractivity contribution in [1.82, 2.24) is 0 Å². The fourth-order valence-electron chi connectivity index (χ4n) is 3.42. The lowest BCUT2D eigenvalue weighted by atomic mass is 10.1. The number of hydrogen-bond acceptors (Lipinski definition) is 6. The normalized spacial score (nSPS) is 12.5. The Balaban J connectivity index is 2.11. The van der Waals surface area contributed by atoms with Crippen molar-refractivity contribution >= 4 is 36.2 Å². The summed E-state index contributed by atoms with van der Waals surface area (Å²) in [7, 11) is 2.92. The lowest BCUT2D eigenvalue weighted by Crippen LogP contribution is -2.48. The van der Waals surface area contributed by atoms with E-state index in [-0.39, 0.29) is 0 Å². The van der Waals surface area contributed by atoms with Crippen LogP contribution in [0.15, 0.2) is 84.9 Å². The molecule has 1 N–H and O–H groups in total. The van der Waals surface area contributed by atoms with E-state index in [1.165, 1.54) is 14.2 Å². The Kier molecular flexibility index (Phi) is 8.23. The quantitative estimate of drug-likeness (QED) is 0.398. The molecule has 0 aliphatic rings. The molecule has 0 heterocycles. The first kappa shape index (κ1) is 23.3. The highest BCUT2D eigenvalue weighted by atomic mass is 31.1. The summed E-state index contributed by atoms with van der Waals surface area (Å²) in [5.74, 6) is -0.346. The Bertz CT molecular complexity index is 972. The lowest BCUT2D eigenvalue weighted by Gasteiger charge is -2.32. The molecule has 0 saturated heterocycles. The van der Waals surface area contributed by atoms with E-state index in [1.807, 2.05) is 60.7 Å². The maximum atomic E-state index is 13.2. The van der Waals surface area contributed by atoms with Crippen molar-refractivity contribution in [2.24, 2.45) is 0 Å². The third kappa shape index (κ3) is 5.45. The van der Waals surface area contributed by atoms with Crippen LogP contribution in [0.25, 0.3) is 0 Å². The van der Waals surface area contributed by atoms with Crippen LogP contribution in [0, 0.1) is 0 Å². The predicted octanol–water partition coefficient (Wildman–Crippen LogP) is 3.32. The molecule has 0 aliphatic carbocycles. The molecule has 0 spiro atoms. The summed E-state index contributed by atoms with van der Waals surface area (Å²) in [4.78, 5) is 26.1. The third-order valence-corrected chi connectivity index (χ3v) is 7.75. The number of hydrogen-bond donors (Lipinski definition) is 1. The third-order valence-electron chi connectivity index (χ3n) is 4.97. The summed E-state index contributed by atoms with van der Waals surface area (Å²) in [5.41, 5.74) is -0.166. The highest BCUT2D eigenvalue weighted by Gasteiger charge is 2.42. The second-order valence-corrected chi connectivity index (χ2v) is 9.21.